The number of carbonyl (C=O) groups excluding carboxylic acids is 1. The average Bonchev–Trinajstić information content (AvgIpc) is 2.97. The smallest absolute Gasteiger partial charge is 0.133 e. The summed E-state index contributed by atoms with van der Waals surface area (Å²) in [5, 5.41) is 4.08. The second-order valence-electron chi connectivity index (χ2n) is 5.14. The van der Waals surface area contributed by atoms with Crippen LogP contribution in [0.25, 0.3) is 0 Å². The van der Waals surface area contributed by atoms with Crippen molar-refractivity contribution in [3.63, 3.8) is 0 Å². The van der Waals surface area contributed by atoms with Crippen LogP contribution in [0.5, 0.6) is 0 Å². The lowest BCUT2D eigenvalue weighted by molar-refractivity contribution is -0.120. The van der Waals surface area contributed by atoms with Crippen molar-refractivity contribution in [2.45, 2.75) is 64.7 Å². The third-order valence-electron chi connectivity index (χ3n) is 3.48. The van der Waals surface area contributed by atoms with Crippen molar-refractivity contribution >= 4 is 17.1 Å². The van der Waals surface area contributed by atoms with Crippen LogP contribution in [0.15, 0.2) is 22.9 Å². The van der Waals surface area contributed by atoms with E-state index < -0.39 is 0 Å². The maximum atomic E-state index is 11.5. The summed E-state index contributed by atoms with van der Waals surface area (Å²) in [5.41, 5.74) is 0. The van der Waals surface area contributed by atoms with Crippen LogP contribution in [0.2, 0.25) is 0 Å². The Morgan fingerprint density at radius 2 is 1.83 bits per heavy atom. The van der Waals surface area contributed by atoms with Crippen molar-refractivity contribution < 1.29 is 4.79 Å². The molecule has 1 aliphatic rings. The summed E-state index contributed by atoms with van der Waals surface area (Å²) >= 11 is 1.71. The lowest BCUT2D eigenvalue weighted by Crippen LogP contribution is -2.11. The molecule has 102 valence electrons. The highest BCUT2D eigenvalue weighted by Crippen LogP contribution is 2.26. The lowest BCUT2D eigenvalue weighted by Gasteiger charge is -2.20. The molecule has 0 amide bonds. The second kappa shape index (κ2) is 10.3. The molecule has 0 saturated heterocycles. The Hall–Kier alpha value is -0.630. The van der Waals surface area contributed by atoms with Gasteiger partial charge in [0.1, 0.15) is 5.78 Å². The first-order valence-electron chi connectivity index (χ1n) is 7.31. The molecule has 1 aromatic heterocycles. The number of unbranched alkanes of at least 4 members (excludes halogenated alkanes) is 1. The molecule has 1 heterocycles. The summed E-state index contributed by atoms with van der Waals surface area (Å²) in [7, 11) is 0. The van der Waals surface area contributed by atoms with E-state index in [1.54, 1.807) is 11.3 Å². The predicted molar refractivity (Wildman–Crippen MR) is 80.0 cm³/mol. The van der Waals surface area contributed by atoms with Gasteiger partial charge in [0.05, 0.1) is 0 Å². The molecule has 2 heteroatoms. The van der Waals surface area contributed by atoms with Crippen LogP contribution in [0, 0.1) is 5.92 Å². The summed E-state index contributed by atoms with van der Waals surface area (Å²) in [6, 6.07) is 4.04. The zero-order chi connectivity index (χ0) is 13.1. The fourth-order valence-electron chi connectivity index (χ4n) is 2.42. The molecule has 0 aromatic carbocycles. The molecule has 1 fully saturated rings. The molecular weight excluding hydrogens is 240 g/mol. The van der Waals surface area contributed by atoms with Gasteiger partial charge in [-0.1, -0.05) is 57.6 Å². The third kappa shape index (κ3) is 7.65. The number of hydrogen-bond acceptors (Lipinski definition) is 2. The molecule has 18 heavy (non-hydrogen) atoms. The number of thiophene rings is 1. The Morgan fingerprint density at radius 3 is 2.33 bits per heavy atom. The second-order valence-corrected chi connectivity index (χ2v) is 5.96. The molecule has 0 radical (unpaired) electrons. The van der Waals surface area contributed by atoms with E-state index in [1.807, 2.05) is 22.9 Å². The van der Waals surface area contributed by atoms with Crippen LogP contribution in [0.1, 0.15) is 64.7 Å². The van der Waals surface area contributed by atoms with E-state index in [-0.39, 0.29) is 0 Å². The van der Waals surface area contributed by atoms with E-state index >= 15 is 0 Å². The molecule has 0 aliphatic heterocycles. The van der Waals surface area contributed by atoms with Crippen LogP contribution in [0.3, 0.4) is 0 Å². The van der Waals surface area contributed by atoms with Gasteiger partial charge in [0, 0.05) is 12.8 Å². The molecular formula is C16H26OS. The fourth-order valence-corrected chi connectivity index (χ4v) is 2.87. The number of ketones is 1. The minimum absolute atomic E-state index is 0.508. The van der Waals surface area contributed by atoms with Gasteiger partial charge >= 0.3 is 0 Å². The van der Waals surface area contributed by atoms with Gasteiger partial charge in [-0.3, -0.25) is 4.79 Å². The number of rotatable bonds is 5. The van der Waals surface area contributed by atoms with Crippen molar-refractivity contribution in [3.8, 4) is 0 Å². The lowest BCUT2D eigenvalue weighted by atomic mass is 9.85. The summed E-state index contributed by atoms with van der Waals surface area (Å²) in [5.74, 6) is 1.24. The SMILES string of the molecule is CCCCC(=O)CC1CCCCC1.c1ccsc1. The first-order valence-corrected chi connectivity index (χ1v) is 8.26. The Kier molecular flexibility index (Phi) is 8.83. The van der Waals surface area contributed by atoms with E-state index in [9.17, 15) is 4.79 Å². The normalized spacial score (nSPS) is 15.8. The van der Waals surface area contributed by atoms with E-state index in [4.69, 9.17) is 0 Å². The highest BCUT2D eigenvalue weighted by molar-refractivity contribution is 7.07. The van der Waals surface area contributed by atoms with Crippen LogP contribution in [0.4, 0.5) is 0 Å². The zero-order valence-corrected chi connectivity index (χ0v) is 12.4. The highest BCUT2D eigenvalue weighted by Gasteiger charge is 2.16. The minimum Gasteiger partial charge on any atom is -0.300 e. The molecule has 0 N–H and O–H groups in total. The monoisotopic (exact) mass is 266 g/mol. The summed E-state index contributed by atoms with van der Waals surface area (Å²) in [6.07, 6.45) is 10.6. The standard InChI is InChI=1S/C12H22O.C4H4S/c1-2-3-9-12(13)10-11-7-5-4-6-8-11;1-2-4-5-3-1/h11H,2-10H2,1H3;1-4H. The van der Waals surface area contributed by atoms with Crippen LogP contribution in [-0.2, 0) is 4.79 Å². The molecule has 0 spiro atoms. The number of Topliss-reactive ketones (excluding diaryl/α,β-unsaturated/α-hetero) is 1. The topological polar surface area (TPSA) is 17.1 Å². The summed E-state index contributed by atoms with van der Waals surface area (Å²) in [4.78, 5) is 11.5. The van der Waals surface area contributed by atoms with E-state index in [0.29, 0.717) is 5.78 Å². The maximum Gasteiger partial charge on any atom is 0.133 e. The Bertz CT molecular complexity index is 269. The van der Waals surface area contributed by atoms with Crippen molar-refractivity contribution in [3.05, 3.63) is 22.9 Å². The number of hydrogen-bond donors (Lipinski definition) is 0. The molecule has 2 rings (SSSR count). The molecule has 1 nitrogen and oxygen atoms in total. The minimum atomic E-state index is 0.508. The molecule has 1 aromatic rings. The van der Waals surface area contributed by atoms with E-state index in [0.717, 1.165) is 31.6 Å². The van der Waals surface area contributed by atoms with Crippen molar-refractivity contribution in [1.82, 2.24) is 0 Å². The van der Waals surface area contributed by atoms with Gasteiger partial charge < -0.3 is 0 Å². The molecule has 1 saturated carbocycles. The fraction of sp³-hybridized carbons (Fsp3) is 0.688. The van der Waals surface area contributed by atoms with Gasteiger partial charge in [0.15, 0.2) is 0 Å². The zero-order valence-electron chi connectivity index (χ0n) is 11.6. The van der Waals surface area contributed by atoms with Gasteiger partial charge in [-0.25, -0.2) is 0 Å². The van der Waals surface area contributed by atoms with Crippen LogP contribution in [-0.4, -0.2) is 5.78 Å². The Balaban J connectivity index is 0.000000269. The van der Waals surface area contributed by atoms with Crippen LogP contribution >= 0.6 is 11.3 Å². The first-order chi connectivity index (χ1) is 8.83. The summed E-state index contributed by atoms with van der Waals surface area (Å²) in [6.45, 7) is 2.15. The van der Waals surface area contributed by atoms with Crippen molar-refractivity contribution in [2.75, 3.05) is 0 Å². The molecule has 0 atom stereocenters. The molecule has 1 aliphatic carbocycles. The van der Waals surface area contributed by atoms with Gasteiger partial charge in [-0.2, -0.15) is 11.3 Å². The first kappa shape index (κ1) is 15.4. The third-order valence-corrected chi connectivity index (χ3v) is 4.10. The van der Waals surface area contributed by atoms with E-state index in [1.165, 1.54) is 32.1 Å². The highest BCUT2D eigenvalue weighted by atomic mass is 32.1. The molecule has 0 bridgehead atoms. The van der Waals surface area contributed by atoms with E-state index in [2.05, 4.69) is 6.92 Å². The number of carbonyl (C=O) groups is 1. The van der Waals surface area contributed by atoms with Gasteiger partial charge in [-0.05, 0) is 23.1 Å². The maximum absolute atomic E-state index is 11.5. The van der Waals surface area contributed by atoms with Crippen LogP contribution < -0.4 is 0 Å². The van der Waals surface area contributed by atoms with Gasteiger partial charge in [0.2, 0.25) is 0 Å². The van der Waals surface area contributed by atoms with Gasteiger partial charge in [-0.15, -0.1) is 0 Å². The quantitative estimate of drug-likeness (QED) is 0.691. The average molecular weight is 266 g/mol. The predicted octanol–water partition coefficient (Wildman–Crippen LogP) is 5.46. The largest absolute Gasteiger partial charge is 0.300 e. The van der Waals surface area contributed by atoms with Crippen molar-refractivity contribution in [2.24, 2.45) is 5.92 Å². The molecule has 0 unspecified atom stereocenters. The summed E-state index contributed by atoms with van der Waals surface area (Å²) < 4.78 is 0. The Labute approximate surface area is 116 Å². The van der Waals surface area contributed by atoms with Crippen molar-refractivity contribution in [1.29, 1.82) is 0 Å². The Morgan fingerprint density at radius 1 is 1.17 bits per heavy atom. The van der Waals surface area contributed by atoms with Gasteiger partial charge in [0.25, 0.3) is 0 Å².